The number of hydrogen-bond donors (Lipinski definition) is 1. The molecule has 1 saturated carbocycles. The molecule has 1 aliphatic carbocycles. The first-order chi connectivity index (χ1) is 9.76. The van der Waals surface area contributed by atoms with E-state index in [2.05, 4.69) is 48.1 Å². The molecule has 0 atom stereocenters. The summed E-state index contributed by atoms with van der Waals surface area (Å²) in [6.45, 7) is 9.91. The van der Waals surface area contributed by atoms with Crippen molar-refractivity contribution in [1.29, 1.82) is 0 Å². The summed E-state index contributed by atoms with van der Waals surface area (Å²) in [6.07, 6.45) is 7.13. The molecule has 3 nitrogen and oxygen atoms in total. The highest BCUT2D eigenvalue weighted by Gasteiger charge is 2.20. The SMILES string of the molecule is CCC(CC)CN(CC)c1cc(CNC2CC2)ccn1. The van der Waals surface area contributed by atoms with Gasteiger partial charge in [0.25, 0.3) is 0 Å². The predicted octanol–water partition coefficient (Wildman–Crippen LogP) is 3.60. The molecule has 0 amide bonds. The second-order valence-corrected chi connectivity index (χ2v) is 5.90. The van der Waals surface area contributed by atoms with Crippen LogP contribution >= 0.6 is 0 Å². The van der Waals surface area contributed by atoms with Gasteiger partial charge in [0.2, 0.25) is 0 Å². The van der Waals surface area contributed by atoms with Gasteiger partial charge in [0.05, 0.1) is 0 Å². The van der Waals surface area contributed by atoms with Crippen molar-refractivity contribution in [3.8, 4) is 0 Å². The molecule has 0 aromatic carbocycles. The zero-order valence-electron chi connectivity index (χ0n) is 13.2. The number of nitrogens with one attached hydrogen (secondary N) is 1. The molecule has 1 aliphatic rings. The van der Waals surface area contributed by atoms with Gasteiger partial charge < -0.3 is 10.2 Å². The minimum absolute atomic E-state index is 0.762. The summed E-state index contributed by atoms with van der Waals surface area (Å²) in [5.74, 6) is 1.90. The van der Waals surface area contributed by atoms with Crippen molar-refractivity contribution in [3.05, 3.63) is 23.9 Å². The fourth-order valence-electron chi connectivity index (χ4n) is 2.54. The standard InChI is InChI=1S/C17H29N3/c1-4-14(5-2)13-20(6-3)17-11-15(9-10-18-17)12-19-16-7-8-16/h9-11,14,16,19H,4-8,12-13H2,1-3H3. The lowest BCUT2D eigenvalue weighted by Crippen LogP contribution is -2.30. The van der Waals surface area contributed by atoms with Gasteiger partial charge in [0.1, 0.15) is 5.82 Å². The zero-order chi connectivity index (χ0) is 14.4. The Labute approximate surface area is 123 Å². The quantitative estimate of drug-likeness (QED) is 0.746. The Morgan fingerprint density at radius 2 is 2.05 bits per heavy atom. The second-order valence-electron chi connectivity index (χ2n) is 5.90. The van der Waals surface area contributed by atoms with Gasteiger partial charge in [-0.2, -0.15) is 0 Å². The van der Waals surface area contributed by atoms with Gasteiger partial charge in [-0.1, -0.05) is 26.7 Å². The maximum absolute atomic E-state index is 4.57. The van der Waals surface area contributed by atoms with Crippen LogP contribution in [0.1, 0.15) is 52.0 Å². The Morgan fingerprint density at radius 3 is 2.65 bits per heavy atom. The molecule has 0 unspecified atom stereocenters. The van der Waals surface area contributed by atoms with E-state index >= 15 is 0 Å². The molecule has 1 N–H and O–H groups in total. The Morgan fingerprint density at radius 1 is 1.30 bits per heavy atom. The molecule has 1 fully saturated rings. The fourth-order valence-corrected chi connectivity index (χ4v) is 2.54. The Balaban J connectivity index is 1.98. The summed E-state index contributed by atoms with van der Waals surface area (Å²) in [5, 5.41) is 3.57. The van der Waals surface area contributed by atoms with Crippen LogP contribution in [0.15, 0.2) is 18.3 Å². The fraction of sp³-hybridized carbons (Fsp3) is 0.706. The van der Waals surface area contributed by atoms with Crippen molar-refractivity contribution < 1.29 is 0 Å². The van der Waals surface area contributed by atoms with Crippen LogP contribution in [-0.2, 0) is 6.54 Å². The highest BCUT2D eigenvalue weighted by Crippen LogP contribution is 2.21. The van der Waals surface area contributed by atoms with E-state index in [0.29, 0.717) is 0 Å². The molecular formula is C17H29N3. The molecular weight excluding hydrogens is 246 g/mol. The monoisotopic (exact) mass is 275 g/mol. The van der Waals surface area contributed by atoms with E-state index in [4.69, 9.17) is 0 Å². The smallest absolute Gasteiger partial charge is 0.128 e. The van der Waals surface area contributed by atoms with E-state index in [1.807, 2.05) is 6.20 Å². The molecule has 3 heteroatoms. The third kappa shape index (κ3) is 4.48. The van der Waals surface area contributed by atoms with E-state index in [1.165, 1.54) is 31.2 Å². The molecule has 0 radical (unpaired) electrons. The van der Waals surface area contributed by atoms with Gasteiger partial charge in [-0.3, -0.25) is 0 Å². The molecule has 0 bridgehead atoms. The number of rotatable bonds is 9. The average Bonchev–Trinajstić information content (AvgIpc) is 3.31. The molecule has 1 heterocycles. The Bertz CT molecular complexity index is 397. The summed E-state index contributed by atoms with van der Waals surface area (Å²) < 4.78 is 0. The topological polar surface area (TPSA) is 28.2 Å². The van der Waals surface area contributed by atoms with E-state index in [1.54, 1.807) is 0 Å². The summed E-state index contributed by atoms with van der Waals surface area (Å²) in [5.41, 5.74) is 1.35. The van der Waals surface area contributed by atoms with E-state index in [9.17, 15) is 0 Å². The maximum atomic E-state index is 4.57. The van der Waals surface area contributed by atoms with Crippen molar-refractivity contribution in [2.45, 2.75) is 59.0 Å². The van der Waals surface area contributed by atoms with Crippen LogP contribution in [0.2, 0.25) is 0 Å². The highest BCUT2D eigenvalue weighted by molar-refractivity contribution is 5.41. The lowest BCUT2D eigenvalue weighted by atomic mass is 10.0. The van der Waals surface area contributed by atoms with Crippen LogP contribution in [0.25, 0.3) is 0 Å². The second kappa shape index (κ2) is 7.63. The van der Waals surface area contributed by atoms with E-state index < -0.39 is 0 Å². The summed E-state index contributed by atoms with van der Waals surface area (Å²) in [7, 11) is 0. The number of anilines is 1. The van der Waals surface area contributed by atoms with Crippen LogP contribution in [0.3, 0.4) is 0 Å². The van der Waals surface area contributed by atoms with Crippen LogP contribution < -0.4 is 10.2 Å². The molecule has 20 heavy (non-hydrogen) atoms. The van der Waals surface area contributed by atoms with Crippen molar-refractivity contribution >= 4 is 5.82 Å². The lowest BCUT2D eigenvalue weighted by Gasteiger charge is -2.26. The molecule has 0 saturated heterocycles. The summed E-state index contributed by atoms with van der Waals surface area (Å²) in [4.78, 5) is 6.99. The number of aromatic nitrogens is 1. The van der Waals surface area contributed by atoms with Crippen LogP contribution in [0.4, 0.5) is 5.82 Å². The molecule has 1 aromatic heterocycles. The van der Waals surface area contributed by atoms with Crippen molar-refractivity contribution in [2.24, 2.45) is 5.92 Å². The molecule has 112 valence electrons. The highest BCUT2D eigenvalue weighted by atomic mass is 15.2. The van der Waals surface area contributed by atoms with E-state index in [-0.39, 0.29) is 0 Å². The first kappa shape index (κ1) is 15.3. The van der Waals surface area contributed by atoms with E-state index in [0.717, 1.165) is 37.4 Å². The molecule has 2 rings (SSSR count). The molecule has 0 spiro atoms. The van der Waals surface area contributed by atoms with Crippen LogP contribution in [0.5, 0.6) is 0 Å². The number of nitrogens with zero attached hydrogens (tertiary/aromatic N) is 2. The first-order valence-corrected chi connectivity index (χ1v) is 8.20. The van der Waals surface area contributed by atoms with Crippen molar-refractivity contribution in [1.82, 2.24) is 10.3 Å². The lowest BCUT2D eigenvalue weighted by molar-refractivity contribution is 0.484. The van der Waals surface area contributed by atoms with Crippen molar-refractivity contribution in [3.63, 3.8) is 0 Å². The van der Waals surface area contributed by atoms with Crippen molar-refractivity contribution in [2.75, 3.05) is 18.0 Å². The molecule has 1 aromatic rings. The third-order valence-corrected chi connectivity index (χ3v) is 4.32. The Hall–Kier alpha value is -1.09. The Kier molecular flexibility index (Phi) is 5.84. The van der Waals surface area contributed by atoms with Gasteiger partial charge >= 0.3 is 0 Å². The van der Waals surface area contributed by atoms with Crippen LogP contribution in [-0.4, -0.2) is 24.1 Å². The van der Waals surface area contributed by atoms with Crippen LogP contribution in [0, 0.1) is 5.92 Å². The molecule has 0 aliphatic heterocycles. The third-order valence-electron chi connectivity index (χ3n) is 4.32. The van der Waals surface area contributed by atoms with Gasteiger partial charge in [-0.15, -0.1) is 0 Å². The van der Waals surface area contributed by atoms with Gasteiger partial charge in [0, 0.05) is 31.9 Å². The average molecular weight is 275 g/mol. The normalized spacial score (nSPS) is 14.8. The van der Waals surface area contributed by atoms with Gasteiger partial charge in [-0.25, -0.2) is 4.98 Å². The minimum atomic E-state index is 0.762. The minimum Gasteiger partial charge on any atom is -0.357 e. The maximum Gasteiger partial charge on any atom is 0.128 e. The number of hydrogen-bond acceptors (Lipinski definition) is 3. The summed E-state index contributed by atoms with van der Waals surface area (Å²) in [6, 6.07) is 5.14. The first-order valence-electron chi connectivity index (χ1n) is 8.20. The zero-order valence-corrected chi connectivity index (χ0v) is 13.2. The van der Waals surface area contributed by atoms with Gasteiger partial charge in [0.15, 0.2) is 0 Å². The predicted molar refractivity (Wildman–Crippen MR) is 86.1 cm³/mol. The summed E-state index contributed by atoms with van der Waals surface area (Å²) >= 11 is 0. The van der Waals surface area contributed by atoms with Gasteiger partial charge in [-0.05, 0) is 43.4 Å². The number of pyridine rings is 1. The largest absolute Gasteiger partial charge is 0.357 e.